The molecule has 1 aromatic rings. The monoisotopic (exact) mass is 281 g/mol. The van der Waals surface area contributed by atoms with Crippen molar-refractivity contribution >= 4 is 0 Å². The first-order valence-electron chi connectivity index (χ1n) is 7.68. The summed E-state index contributed by atoms with van der Waals surface area (Å²) in [6.45, 7) is 5.90. The van der Waals surface area contributed by atoms with E-state index in [1.54, 1.807) is 13.4 Å². The first-order chi connectivity index (χ1) is 9.83. The van der Waals surface area contributed by atoms with Gasteiger partial charge in [0.15, 0.2) is 0 Å². The summed E-state index contributed by atoms with van der Waals surface area (Å²) in [5.41, 5.74) is 0. The normalized spacial score (nSPS) is 23.4. The van der Waals surface area contributed by atoms with Gasteiger partial charge in [-0.15, -0.1) is 0 Å². The average Bonchev–Trinajstić information content (AvgIpc) is 2.98. The second-order valence-corrected chi connectivity index (χ2v) is 5.43. The molecule has 2 atom stereocenters. The molecule has 0 spiro atoms. The predicted molar refractivity (Wildman–Crippen MR) is 78.0 cm³/mol. The minimum atomic E-state index is 0.587. The van der Waals surface area contributed by atoms with Crippen LogP contribution in [0.2, 0.25) is 0 Å². The molecule has 1 aromatic heterocycles. The molecule has 2 rings (SSSR count). The van der Waals surface area contributed by atoms with Crippen LogP contribution in [-0.4, -0.2) is 52.6 Å². The Labute approximate surface area is 121 Å². The average molecular weight is 281 g/mol. The number of likely N-dealkylation sites (N-methyl/N-ethyl adjacent to an activating group) is 1. The maximum atomic E-state index is 5.27. The molecule has 1 aliphatic carbocycles. The van der Waals surface area contributed by atoms with Gasteiger partial charge in [0.05, 0.1) is 7.11 Å². The van der Waals surface area contributed by atoms with E-state index < -0.39 is 0 Å². The van der Waals surface area contributed by atoms with E-state index in [2.05, 4.69) is 22.3 Å². The van der Waals surface area contributed by atoms with Crippen LogP contribution < -0.4 is 5.32 Å². The zero-order chi connectivity index (χ0) is 14.2. The molecule has 0 saturated heterocycles. The molecule has 6 heteroatoms. The van der Waals surface area contributed by atoms with Crippen molar-refractivity contribution in [1.29, 1.82) is 0 Å². The Morgan fingerprint density at radius 1 is 1.40 bits per heavy atom. The number of nitrogens with one attached hydrogen (secondary N) is 1. The number of hydrogen-bond acceptors (Lipinski definition) is 5. The lowest BCUT2D eigenvalue weighted by atomic mass is 9.84. The fourth-order valence-electron chi connectivity index (χ4n) is 3.02. The highest BCUT2D eigenvalue weighted by molar-refractivity contribution is 4.81. The van der Waals surface area contributed by atoms with Gasteiger partial charge in [-0.05, 0) is 18.8 Å². The molecule has 0 amide bonds. The van der Waals surface area contributed by atoms with E-state index in [1.165, 1.54) is 25.7 Å². The summed E-state index contributed by atoms with van der Waals surface area (Å²) in [5, 5.41) is 9.90. The lowest BCUT2D eigenvalue weighted by Crippen LogP contribution is -2.43. The Hall–Kier alpha value is -0.980. The van der Waals surface area contributed by atoms with Gasteiger partial charge in [0.25, 0.3) is 0 Å². The number of aromatic nitrogens is 3. The van der Waals surface area contributed by atoms with Crippen LogP contribution in [0.4, 0.5) is 0 Å². The van der Waals surface area contributed by atoms with Crippen molar-refractivity contribution in [3.05, 3.63) is 12.7 Å². The highest BCUT2D eigenvalue weighted by Crippen LogP contribution is 2.25. The van der Waals surface area contributed by atoms with Crippen LogP contribution in [0.25, 0.3) is 0 Å². The van der Waals surface area contributed by atoms with Crippen molar-refractivity contribution in [1.82, 2.24) is 25.1 Å². The first kappa shape index (κ1) is 15.4. The van der Waals surface area contributed by atoms with E-state index in [0.29, 0.717) is 12.0 Å². The maximum absolute atomic E-state index is 5.27. The molecular formula is C14H27N5O. The Morgan fingerprint density at radius 3 is 2.95 bits per heavy atom. The highest BCUT2D eigenvalue weighted by atomic mass is 16.7. The third-order valence-electron chi connectivity index (χ3n) is 4.18. The lowest BCUT2D eigenvalue weighted by Gasteiger charge is -2.32. The number of hydrogen-bond donors (Lipinski definition) is 1. The third kappa shape index (κ3) is 4.54. The van der Waals surface area contributed by atoms with Crippen LogP contribution in [0.15, 0.2) is 12.7 Å². The number of rotatable bonds is 8. The van der Waals surface area contributed by atoms with Crippen LogP contribution in [-0.2, 0) is 11.4 Å². The quantitative estimate of drug-likeness (QED) is 0.728. The molecule has 6 nitrogen and oxygen atoms in total. The van der Waals surface area contributed by atoms with Crippen LogP contribution in [0.3, 0.4) is 0 Å². The summed E-state index contributed by atoms with van der Waals surface area (Å²) < 4.78 is 1.96. The molecule has 0 bridgehead atoms. The van der Waals surface area contributed by atoms with Crippen molar-refractivity contribution in [3.63, 3.8) is 0 Å². The molecule has 1 N–H and O–H groups in total. The van der Waals surface area contributed by atoms with E-state index in [9.17, 15) is 0 Å². The summed E-state index contributed by atoms with van der Waals surface area (Å²) in [7, 11) is 1.73. The largest absolute Gasteiger partial charge is 0.312 e. The topological polar surface area (TPSA) is 55.2 Å². The number of hydroxylamine groups is 2. The highest BCUT2D eigenvalue weighted by Gasteiger charge is 2.25. The lowest BCUT2D eigenvalue weighted by molar-refractivity contribution is -0.126. The van der Waals surface area contributed by atoms with Crippen molar-refractivity contribution in [2.75, 3.05) is 26.7 Å². The molecule has 0 aromatic carbocycles. The smallest absolute Gasteiger partial charge is 0.137 e. The van der Waals surface area contributed by atoms with Gasteiger partial charge in [-0.1, -0.05) is 19.8 Å². The minimum Gasteiger partial charge on any atom is -0.312 e. The molecule has 2 unspecified atom stereocenters. The van der Waals surface area contributed by atoms with Crippen molar-refractivity contribution in [3.8, 4) is 0 Å². The van der Waals surface area contributed by atoms with E-state index >= 15 is 0 Å². The standard InChI is InChI=1S/C14H27N5O/c1-3-19(20-2)9-8-16-14-7-5-4-6-13(14)10-18-12-15-11-17-18/h11-14,16H,3-10H2,1-2H3. The second kappa shape index (κ2) is 8.34. The molecule has 0 radical (unpaired) electrons. The number of nitrogens with zero attached hydrogens (tertiary/aromatic N) is 4. The molecule has 1 saturated carbocycles. The Morgan fingerprint density at radius 2 is 2.25 bits per heavy atom. The minimum absolute atomic E-state index is 0.587. The fourth-order valence-corrected chi connectivity index (χ4v) is 3.02. The predicted octanol–water partition coefficient (Wildman–Crippen LogP) is 1.31. The van der Waals surface area contributed by atoms with Gasteiger partial charge in [-0.25, -0.2) is 4.98 Å². The SMILES string of the molecule is CCN(CCNC1CCCCC1Cn1cncn1)OC. The van der Waals surface area contributed by atoms with Crippen molar-refractivity contribution in [2.45, 2.75) is 45.2 Å². The van der Waals surface area contributed by atoms with Gasteiger partial charge < -0.3 is 10.2 Å². The molecule has 1 fully saturated rings. The van der Waals surface area contributed by atoms with Gasteiger partial charge in [-0.2, -0.15) is 10.2 Å². The Bertz CT molecular complexity index is 352. The van der Waals surface area contributed by atoms with Gasteiger partial charge in [0, 0.05) is 32.2 Å². The molecule has 114 valence electrons. The van der Waals surface area contributed by atoms with Gasteiger partial charge in [0.2, 0.25) is 0 Å². The van der Waals surface area contributed by atoms with E-state index in [4.69, 9.17) is 4.84 Å². The van der Waals surface area contributed by atoms with Crippen LogP contribution >= 0.6 is 0 Å². The zero-order valence-corrected chi connectivity index (χ0v) is 12.7. The van der Waals surface area contributed by atoms with E-state index in [0.717, 1.165) is 26.2 Å². The summed E-state index contributed by atoms with van der Waals surface area (Å²) in [6.07, 6.45) is 8.63. The van der Waals surface area contributed by atoms with Crippen molar-refractivity contribution < 1.29 is 4.84 Å². The molecule has 1 aliphatic rings. The first-order valence-corrected chi connectivity index (χ1v) is 7.68. The zero-order valence-electron chi connectivity index (χ0n) is 12.7. The van der Waals surface area contributed by atoms with Gasteiger partial charge in [-0.3, -0.25) is 4.68 Å². The summed E-state index contributed by atoms with van der Waals surface area (Å²) in [6, 6.07) is 0.587. The maximum Gasteiger partial charge on any atom is 0.137 e. The molecule has 0 aliphatic heterocycles. The van der Waals surface area contributed by atoms with Gasteiger partial charge >= 0.3 is 0 Å². The summed E-state index contributed by atoms with van der Waals surface area (Å²) in [5.74, 6) is 0.656. The Kier molecular flexibility index (Phi) is 6.42. The van der Waals surface area contributed by atoms with Gasteiger partial charge in [0.1, 0.15) is 12.7 Å². The summed E-state index contributed by atoms with van der Waals surface area (Å²) >= 11 is 0. The molecular weight excluding hydrogens is 254 g/mol. The second-order valence-electron chi connectivity index (χ2n) is 5.43. The van der Waals surface area contributed by atoms with E-state index in [1.807, 2.05) is 16.1 Å². The fraction of sp³-hybridized carbons (Fsp3) is 0.857. The van der Waals surface area contributed by atoms with E-state index in [-0.39, 0.29) is 0 Å². The van der Waals surface area contributed by atoms with Crippen molar-refractivity contribution in [2.24, 2.45) is 5.92 Å². The molecule has 1 heterocycles. The third-order valence-corrected chi connectivity index (χ3v) is 4.18. The van der Waals surface area contributed by atoms with Crippen LogP contribution in [0.5, 0.6) is 0 Å². The molecule has 20 heavy (non-hydrogen) atoms. The summed E-state index contributed by atoms with van der Waals surface area (Å²) in [4.78, 5) is 9.30. The van der Waals surface area contributed by atoms with Crippen LogP contribution in [0.1, 0.15) is 32.6 Å². The Balaban J connectivity index is 1.78. The van der Waals surface area contributed by atoms with Crippen LogP contribution in [0, 0.1) is 5.92 Å².